The van der Waals surface area contributed by atoms with Crippen LogP contribution in [0.2, 0.25) is 0 Å². The molecule has 1 N–H and O–H groups in total. The summed E-state index contributed by atoms with van der Waals surface area (Å²) < 4.78 is 29.5. The molecule has 0 spiro atoms. The summed E-state index contributed by atoms with van der Waals surface area (Å²) in [5.41, 5.74) is 2.01. The second kappa shape index (κ2) is 7.71. The first-order chi connectivity index (χ1) is 13.8. The lowest BCUT2D eigenvalue weighted by molar-refractivity contribution is -0.135. The van der Waals surface area contributed by atoms with E-state index in [1.165, 1.54) is 0 Å². The monoisotopic (exact) mass is 414 g/mol. The zero-order chi connectivity index (χ0) is 20.6. The Bertz CT molecular complexity index is 1150. The van der Waals surface area contributed by atoms with Crippen LogP contribution in [-0.2, 0) is 14.6 Å². The van der Waals surface area contributed by atoms with Crippen molar-refractivity contribution in [2.75, 3.05) is 24.7 Å². The first-order valence-electron chi connectivity index (χ1n) is 9.95. The second-order valence-electron chi connectivity index (χ2n) is 8.16. The molecule has 154 valence electrons. The number of amides is 1. The number of hydrogen-bond acceptors (Lipinski definition) is 4. The van der Waals surface area contributed by atoms with Gasteiger partial charge in [-0.1, -0.05) is 32.0 Å². The second-order valence-corrected chi connectivity index (χ2v) is 10.4. The van der Waals surface area contributed by atoms with Crippen molar-refractivity contribution in [3.05, 3.63) is 42.5 Å². The largest absolute Gasteiger partial charge is 0.484 e. The molecule has 29 heavy (non-hydrogen) atoms. The number of hydrogen-bond donors (Lipinski definition) is 1. The molecule has 1 aliphatic rings. The number of aromatic nitrogens is 1. The average Bonchev–Trinajstić information content (AvgIpc) is 3.23. The molecule has 0 aliphatic carbocycles. The van der Waals surface area contributed by atoms with E-state index in [9.17, 15) is 13.2 Å². The maximum atomic E-state index is 12.9. The van der Waals surface area contributed by atoms with Gasteiger partial charge in [-0.05, 0) is 30.5 Å². The number of benzene rings is 2. The van der Waals surface area contributed by atoms with Gasteiger partial charge in [0.25, 0.3) is 5.91 Å². The fourth-order valence-electron chi connectivity index (χ4n) is 4.02. The molecular formula is C22H26N2O4S. The quantitative estimate of drug-likeness (QED) is 0.671. The van der Waals surface area contributed by atoms with Crippen molar-refractivity contribution in [2.24, 2.45) is 5.92 Å². The summed E-state index contributed by atoms with van der Waals surface area (Å²) in [6.07, 6.45) is 0.502. The molecule has 2 aromatic carbocycles. The molecule has 1 saturated heterocycles. The molecule has 4 rings (SSSR count). The minimum atomic E-state index is -3.05. The number of rotatable bonds is 6. The van der Waals surface area contributed by atoms with Crippen molar-refractivity contribution in [2.45, 2.75) is 26.3 Å². The Kier molecular flexibility index (Phi) is 5.25. The number of ether oxygens (including phenoxy) is 1. The fourth-order valence-corrected chi connectivity index (χ4v) is 5.75. The number of fused-ring (bicyclic) bond motifs is 3. The van der Waals surface area contributed by atoms with Crippen LogP contribution in [0.4, 0.5) is 0 Å². The predicted molar refractivity (Wildman–Crippen MR) is 115 cm³/mol. The Morgan fingerprint density at radius 1 is 1.17 bits per heavy atom. The highest BCUT2D eigenvalue weighted by Gasteiger charge is 2.34. The molecule has 0 saturated carbocycles. The highest BCUT2D eigenvalue weighted by atomic mass is 32.2. The van der Waals surface area contributed by atoms with Gasteiger partial charge >= 0.3 is 0 Å². The Morgan fingerprint density at radius 3 is 2.66 bits per heavy atom. The number of carbonyl (C=O) groups excluding carboxylic acids is 1. The van der Waals surface area contributed by atoms with Crippen LogP contribution in [-0.4, -0.2) is 54.9 Å². The third-order valence-electron chi connectivity index (χ3n) is 5.37. The number of carbonyl (C=O) groups is 1. The van der Waals surface area contributed by atoms with Crippen molar-refractivity contribution in [3.8, 4) is 5.75 Å². The minimum absolute atomic E-state index is 0.0481. The van der Waals surface area contributed by atoms with E-state index in [1.54, 1.807) is 4.90 Å². The lowest BCUT2D eigenvalue weighted by Gasteiger charge is -2.29. The molecule has 7 heteroatoms. The van der Waals surface area contributed by atoms with Gasteiger partial charge in [-0.25, -0.2) is 8.42 Å². The zero-order valence-electron chi connectivity index (χ0n) is 16.7. The molecule has 2 heterocycles. The number of H-pyrrole nitrogens is 1. The first kappa shape index (κ1) is 19.8. The normalized spacial score (nSPS) is 18.5. The molecule has 1 aromatic heterocycles. The molecule has 1 atom stereocenters. The molecular weight excluding hydrogens is 388 g/mol. The fraction of sp³-hybridized carbons (Fsp3) is 0.409. The van der Waals surface area contributed by atoms with Gasteiger partial charge < -0.3 is 14.6 Å². The van der Waals surface area contributed by atoms with Crippen LogP contribution in [0.5, 0.6) is 5.75 Å². The number of sulfone groups is 1. The first-order valence-corrected chi connectivity index (χ1v) is 11.8. The van der Waals surface area contributed by atoms with Crippen LogP contribution in [0.1, 0.15) is 20.3 Å². The summed E-state index contributed by atoms with van der Waals surface area (Å²) in [6, 6.07) is 13.6. The lowest BCUT2D eigenvalue weighted by Crippen LogP contribution is -2.45. The van der Waals surface area contributed by atoms with Gasteiger partial charge in [0.2, 0.25) is 0 Å². The summed E-state index contributed by atoms with van der Waals surface area (Å²) in [6.45, 7) is 4.47. The maximum Gasteiger partial charge on any atom is 0.260 e. The van der Waals surface area contributed by atoms with E-state index < -0.39 is 9.84 Å². The van der Waals surface area contributed by atoms with E-state index in [1.807, 2.05) is 50.2 Å². The van der Waals surface area contributed by atoms with Crippen LogP contribution in [0.15, 0.2) is 42.5 Å². The van der Waals surface area contributed by atoms with Crippen molar-refractivity contribution in [3.63, 3.8) is 0 Å². The number of aromatic amines is 1. The van der Waals surface area contributed by atoms with Crippen molar-refractivity contribution >= 4 is 37.6 Å². The van der Waals surface area contributed by atoms with Crippen molar-refractivity contribution in [1.82, 2.24) is 9.88 Å². The summed E-state index contributed by atoms with van der Waals surface area (Å²) in [5, 5.41) is 2.26. The molecule has 1 aliphatic heterocycles. The van der Waals surface area contributed by atoms with Gasteiger partial charge in [0.1, 0.15) is 5.75 Å². The number of nitrogens with one attached hydrogen (secondary N) is 1. The van der Waals surface area contributed by atoms with Gasteiger partial charge in [-0.3, -0.25) is 4.79 Å². The smallest absolute Gasteiger partial charge is 0.260 e. The molecule has 0 bridgehead atoms. The SMILES string of the molecule is CC(C)CN(C(=O)COc1ccc2c(c1)[nH]c1ccccc12)[C@H]1CCS(=O)(=O)C1. The molecule has 6 nitrogen and oxygen atoms in total. The summed E-state index contributed by atoms with van der Waals surface area (Å²) >= 11 is 0. The van der Waals surface area contributed by atoms with Crippen molar-refractivity contribution < 1.29 is 17.9 Å². The highest BCUT2D eigenvalue weighted by molar-refractivity contribution is 7.91. The van der Waals surface area contributed by atoms with Gasteiger partial charge in [0, 0.05) is 34.9 Å². The maximum absolute atomic E-state index is 12.9. The third kappa shape index (κ3) is 4.24. The van der Waals surface area contributed by atoms with Crippen LogP contribution in [0, 0.1) is 5.92 Å². The summed E-state index contributed by atoms with van der Waals surface area (Å²) in [7, 11) is -3.05. The lowest BCUT2D eigenvalue weighted by atomic mass is 10.1. The summed E-state index contributed by atoms with van der Waals surface area (Å²) in [5.74, 6) is 0.896. The van der Waals surface area contributed by atoms with Gasteiger partial charge in [-0.15, -0.1) is 0 Å². The Morgan fingerprint density at radius 2 is 1.93 bits per heavy atom. The number of para-hydroxylation sites is 1. The molecule has 3 aromatic rings. The molecule has 0 unspecified atom stereocenters. The van der Waals surface area contributed by atoms with E-state index >= 15 is 0 Å². The van der Waals surface area contributed by atoms with E-state index in [-0.39, 0.29) is 36.0 Å². The average molecular weight is 415 g/mol. The van der Waals surface area contributed by atoms with Gasteiger partial charge in [-0.2, -0.15) is 0 Å². The van der Waals surface area contributed by atoms with Crippen molar-refractivity contribution in [1.29, 1.82) is 0 Å². The third-order valence-corrected chi connectivity index (χ3v) is 7.12. The molecule has 0 radical (unpaired) electrons. The predicted octanol–water partition coefficient (Wildman–Crippen LogP) is 3.37. The van der Waals surface area contributed by atoms with Gasteiger partial charge in [0.15, 0.2) is 16.4 Å². The van der Waals surface area contributed by atoms with Crippen LogP contribution >= 0.6 is 0 Å². The molecule has 1 amide bonds. The Balaban J connectivity index is 1.49. The van der Waals surface area contributed by atoms with E-state index in [4.69, 9.17) is 4.74 Å². The highest BCUT2D eigenvalue weighted by Crippen LogP contribution is 2.28. The van der Waals surface area contributed by atoms with Crippen LogP contribution in [0.3, 0.4) is 0 Å². The standard InChI is InChI=1S/C22H26N2O4S/c1-15(2)12-24(16-9-10-29(26,27)14-16)22(25)13-28-17-7-8-19-18-5-3-4-6-20(18)23-21(19)11-17/h3-8,11,15-16,23H,9-10,12-14H2,1-2H3/t16-/m0/s1. The minimum Gasteiger partial charge on any atom is -0.484 e. The Hall–Kier alpha value is -2.54. The van der Waals surface area contributed by atoms with Gasteiger partial charge in [0.05, 0.1) is 17.0 Å². The summed E-state index contributed by atoms with van der Waals surface area (Å²) in [4.78, 5) is 17.9. The zero-order valence-corrected chi connectivity index (χ0v) is 17.5. The van der Waals surface area contributed by atoms with E-state index in [2.05, 4.69) is 11.1 Å². The van der Waals surface area contributed by atoms with Crippen LogP contribution < -0.4 is 4.74 Å². The van der Waals surface area contributed by atoms with E-state index in [0.29, 0.717) is 18.7 Å². The number of nitrogens with zero attached hydrogens (tertiary/aromatic N) is 1. The van der Waals surface area contributed by atoms with E-state index in [0.717, 1.165) is 21.8 Å². The Labute approximate surface area is 170 Å². The topological polar surface area (TPSA) is 79.5 Å². The van der Waals surface area contributed by atoms with Crippen LogP contribution in [0.25, 0.3) is 21.8 Å². The molecule has 1 fully saturated rings.